The summed E-state index contributed by atoms with van der Waals surface area (Å²) in [6, 6.07) is 6.08. The van der Waals surface area contributed by atoms with Crippen molar-refractivity contribution < 1.29 is 40.9 Å². The van der Waals surface area contributed by atoms with Gasteiger partial charge in [-0.3, -0.25) is 9.99 Å². The minimum atomic E-state index is -4.84. The van der Waals surface area contributed by atoms with Gasteiger partial charge in [-0.15, -0.1) is 16.9 Å². The molecule has 200 valence electrons. The molecule has 4 N–H and O–H groups in total. The van der Waals surface area contributed by atoms with E-state index in [2.05, 4.69) is 33.0 Å². The molecule has 2 atom stereocenters. The number of benzene rings is 1. The molecule has 15 heteroatoms. The van der Waals surface area contributed by atoms with Gasteiger partial charge in [-0.2, -0.15) is 27.1 Å². The van der Waals surface area contributed by atoms with Crippen LogP contribution >= 0.6 is 11.3 Å². The molecule has 4 rings (SSSR count). The highest BCUT2D eigenvalue weighted by atomic mass is 32.1. The van der Waals surface area contributed by atoms with Gasteiger partial charge >= 0.3 is 12.1 Å². The Labute approximate surface area is 214 Å². The van der Waals surface area contributed by atoms with Crippen LogP contribution in [0, 0.1) is 23.5 Å². The van der Waals surface area contributed by atoms with E-state index in [1.54, 1.807) is 0 Å². The summed E-state index contributed by atoms with van der Waals surface area (Å²) in [7, 11) is 0. The Bertz CT molecular complexity index is 1400. The summed E-state index contributed by atoms with van der Waals surface area (Å²) in [5.74, 6) is -1.57. The predicted molar refractivity (Wildman–Crippen MR) is 121 cm³/mol. The van der Waals surface area contributed by atoms with E-state index >= 15 is 8.78 Å². The van der Waals surface area contributed by atoms with E-state index in [0.717, 1.165) is 41.8 Å². The highest BCUT2D eigenvalue weighted by molar-refractivity contribution is 7.12. The first-order chi connectivity index (χ1) is 17.8. The van der Waals surface area contributed by atoms with Crippen molar-refractivity contribution in [2.24, 2.45) is 5.10 Å². The van der Waals surface area contributed by atoms with Crippen LogP contribution in [0.25, 0.3) is 0 Å². The number of aliphatic hydroxyl groups excluding tert-OH is 1. The summed E-state index contributed by atoms with van der Waals surface area (Å²) in [6.07, 6.45) is -5.53. The van der Waals surface area contributed by atoms with E-state index in [4.69, 9.17) is 0 Å². The molecule has 0 saturated heterocycles. The van der Waals surface area contributed by atoms with Crippen molar-refractivity contribution >= 4 is 17.7 Å². The van der Waals surface area contributed by atoms with Crippen LogP contribution in [0.2, 0.25) is 0 Å². The van der Waals surface area contributed by atoms with Gasteiger partial charge in [0.25, 0.3) is 0 Å². The molecule has 0 bridgehead atoms. The summed E-state index contributed by atoms with van der Waals surface area (Å²) in [5, 5.41) is 24.9. The van der Waals surface area contributed by atoms with E-state index in [-0.39, 0.29) is 15.3 Å². The van der Waals surface area contributed by atoms with Crippen molar-refractivity contribution in [1.82, 2.24) is 21.1 Å². The average Bonchev–Trinajstić information content (AvgIpc) is 3.54. The van der Waals surface area contributed by atoms with E-state index < -0.39 is 53.2 Å². The van der Waals surface area contributed by atoms with E-state index in [1.807, 2.05) is 0 Å². The molecule has 0 amide bonds. The van der Waals surface area contributed by atoms with E-state index in [9.17, 15) is 32.2 Å². The lowest BCUT2D eigenvalue weighted by molar-refractivity contribution is -0.206. The molecule has 0 fully saturated rings. The zero-order chi connectivity index (χ0) is 27.7. The van der Waals surface area contributed by atoms with Gasteiger partial charge in [0.1, 0.15) is 23.7 Å². The first-order valence-corrected chi connectivity index (χ1v) is 11.3. The number of alkyl halides is 5. The van der Waals surface area contributed by atoms with Gasteiger partial charge < -0.3 is 10.2 Å². The third kappa shape index (κ3) is 5.43. The van der Waals surface area contributed by atoms with Gasteiger partial charge in [-0.25, -0.2) is 14.3 Å². The van der Waals surface area contributed by atoms with Gasteiger partial charge in [0, 0.05) is 28.3 Å². The Morgan fingerprint density at radius 3 is 2.39 bits per heavy atom. The Hall–Kier alpha value is -3.71. The number of thiophene rings is 1. The zero-order valence-corrected chi connectivity index (χ0v) is 19.6. The molecule has 1 aliphatic heterocycles. The van der Waals surface area contributed by atoms with Gasteiger partial charge in [0.05, 0.1) is 11.4 Å². The number of pyridine rings is 1. The second-order valence-corrected chi connectivity index (χ2v) is 9.10. The fourth-order valence-electron chi connectivity index (χ4n) is 3.45. The highest BCUT2D eigenvalue weighted by Gasteiger charge is 2.58. The molecule has 1 aliphatic rings. The summed E-state index contributed by atoms with van der Waals surface area (Å²) >= 11 is 0.607. The molecule has 3 heterocycles. The number of hydrogen-bond acceptors (Lipinski definition) is 8. The van der Waals surface area contributed by atoms with Crippen molar-refractivity contribution in [3.8, 4) is 11.8 Å². The summed E-state index contributed by atoms with van der Waals surface area (Å²) in [5.41, 5.74) is -0.426. The van der Waals surface area contributed by atoms with Crippen molar-refractivity contribution in [3.05, 3.63) is 86.9 Å². The summed E-state index contributed by atoms with van der Waals surface area (Å²) in [6.45, 7) is -0.938. The number of halogens is 7. The fraction of sp³-hybridized carbons (Fsp3) is 0.217. The molecule has 0 aliphatic carbocycles. The Balaban J connectivity index is 1.62. The predicted octanol–water partition coefficient (Wildman–Crippen LogP) is 3.66. The maximum atomic E-state index is 15.7. The Kier molecular flexibility index (Phi) is 7.35. The molecule has 38 heavy (non-hydrogen) atoms. The number of hydrazine groups is 2. The van der Waals surface area contributed by atoms with Gasteiger partial charge in [0.2, 0.25) is 0 Å². The fourth-order valence-corrected chi connectivity index (χ4v) is 4.33. The highest BCUT2D eigenvalue weighted by Crippen LogP contribution is 2.46. The van der Waals surface area contributed by atoms with Crippen LogP contribution in [-0.4, -0.2) is 39.3 Å². The minimum Gasteiger partial charge on any atom is -0.379 e. The van der Waals surface area contributed by atoms with Crippen LogP contribution in [0.5, 0.6) is 0 Å². The van der Waals surface area contributed by atoms with Crippen LogP contribution in [0.15, 0.2) is 53.8 Å². The van der Waals surface area contributed by atoms with Crippen molar-refractivity contribution in [3.63, 3.8) is 0 Å². The number of β-amino-alcohol motifs (C(OH)–C–C–N with tert-alkyl or cyclic N) is 1. The topological polar surface area (TPSA) is 93.0 Å². The average molecular weight is 559 g/mol. The van der Waals surface area contributed by atoms with Gasteiger partial charge in [0.15, 0.2) is 11.7 Å². The molecular formula is C23H16F7N5O2S. The normalized spacial score (nSPS) is 16.0. The third-order valence-corrected chi connectivity index (χ3v) is 6.43. The number of rotatable bonds is 6. The van der Waals surface area contributed by atoms with Crippen molar-refractivity contribution in [2.45, 2.75) is 23.8 Å². The van der Waals surface area contributed by atoms with Crippen LogP contribution < -0.4 is 11.1 Å². The minimum absolute atomic E-state index is 0.102. The molecule has 0 saturated carbocycles. The second-order valence-electron chi connectivity index (χ2n) is 7.98. The van der Waals surface area contributed by atoms with Gasteiger partial charge in [-0.05, 0) is 36.4 Å². The molecular weight excluding hydrogens is 543 g/mol. The van der Waals surface area contributed by atoms with Crippen LogP contribution in [0.1, 0.15) is 32.7 Å². The van der Waals surface area contributed by atoms with Crippen LogP contribution in [-0.2, 0) is 11.5 Å². The van der Waals surface area contributed by atoms with Crippen molar-refractivity contribution in [2.75, 3.05) is 6.54 Å². The number of nitrogens with zero attached hydrogens (tertiary/aromatic N) is 3. The number of hydrogen-bond donors (Lipinski definition) is 4. The standard InChI is InChI=1S/C23H16F7N5O2S/c24-14-3-6-16(17(25)9-14)21(37,11-35-12-32-33-34-35)22(26,27)19-8-2-13(10-31-19)1-4-15-5-7-18(38-15)20(36)23(28,29)30/h2-3,5-10,12,20,33-34,36-37H,11H2. The number of nitrogens with one attached hydrogen (secondary N) is 2. The summed E-state index contributed by atoms with van der Waals surface area (Å²) < 4.78 is 97.5. The van der Waals surface area contributed by atoms with Crippen molar-refractivity contribution in [1.29, 1.82) is 0 Å². The smallest absolute Gasteiger partial charge is 0.379 e. The van der Waals surface area contributed by atoms with Crippen LogP contribution in [0.4, 0.5) is 30.7 Å². The van der Waals surface area contributed by atoms with E-state index in [0.29, 0.717) is 23.5 Å². The molecule has 2 unspecified atom stereocenters. The molecule has 3 aromatic rings. The molecule has 0 spiro atoms. The first kappa shape index (κ1) is 27.3. The number of hydrazone groups is 1. The lowest BCUT2D eigenvalue weighted by Gasteiger charge is -2.38. The molecule has 0 radical (unpaired) electrons. The number of aromatic nitrogens is 1. The lowest BCUT2D eigenvalue weighted by Crippen LogP contribution is -2.54. The van der Waals surface area contributed by atoms with Gasteiger partial charge in [-0.1, -0.05) is 11.8 Å². The second kappa shape index (κ2) is 10.2. The first-order valence-electron chi connectivity index (χ1n) is 10.5. The molecule has 7 nitrogen and oxygen atoms in total. The Morgan fingerprint density at radius 2 is 1.79 bits per heavy atom. The molecule has 2 aromatic heterocycles. The third-order valence-electron chi connectivity index (χ3n) is 5.37. The maximum absolute atomic E-state index is 15.7. The largest absolute Gasteiger partial charge is 0.419 e. The maximum Gasteiger partial charge on any atom is 0.419 e. The lowest BCUT2D eigenvalue weighted by atomic mass is 9.84. The monoisotopic (exact) mass is 559 g/mol. The summed E-state index contributed by atoms with van der Waals surface area (Å²) in [4.78, 5) is 3.47. The van der Waals surface area contributed by atoms with Crippen LogP contribution in [0.3, 0.4) is 0 Å². The zero-order valence-electron chi connectivity index (χ0n) is 18.8. The Morgan fingerprint density at radius 1 is 1.03 bits per heavy atom. The molecule has 1 aromatic carbocycles. The number of aliphatic hydroxyl groups is 2. The van der Waals surface area contributed by atoms with E-state index in [1.165, 1.54) is 6.07 Å². The quantitative estimate of drug-likeness (QED) is 0.272. The SMILES string of the molecule is OC(c1ccc(C#Cc2ccc(C(F)(F)C(O)(CN3C=NNN3)c3ccc(F)cc3F)nc2)s1)C(F)(F)F.